The standard InChI is InChI=1S/C24H26ClF5N2O3/c1-22(2,3)35-21(33)32-11-10-23(26,27)13-16(32)14-31-15-8-9-17(19(25)12-15)18-6-4-5-7-20(18)34-24(28,29)30/h4-9,12,16,31H,10-11,13-14H2,1-3H3/t16-/m1/s1. The zero-order valence-electron chi connectivity index (χ0n) is 19.4. The van der Waals surface area contributed by atoms with Crippen LogP contribution in [-0.4, -0.2) is 48.0 Å². The van der Waals surface area contributed by atoms with E-state index in [2.05, 4.69) is 10.1 Å². The maximum Gasteiger partial charge on any atom is 0.573 e. The van der Waals surface area contributed by atoms with Crippen LogP contribution in [-0.2, 0) is 4.74 Å². The molecule has 192 valence electrons. The van der Waals surface area contributed by atoms with Gasteiger partial charge < -0.3 is 19.7 Å². The van der Waals surface area contributed by atoms with Crippen LogP contribution in [0.3, 0.4) is 0 Å². The van der Waals surface area contributed by atoms with Gasteiger partial charge in [0.1, 0.15) is 11.4 Å². The van der Waals surface area contributed by atoms with Crippen molar-refractivity contribution in [1.82, 2.24) is 4.90 Å². The number of ether oxygens (including phenoxy) is 2. The Morgan fingerprint density at radius 3 is 2.46 bits per heavy atom. The maximum absolute atomic E-state index is 14.1. The molecule has 0 aromatic heterocycles. The summed E-state index contributed by atoms with van der Waals surface area (Å²) in [5, 5.41) is 3.12. The van der Waals surface area contributed by atoms with Crippen LogP contribution in [0.2, 0.25) is 5.02 Å². The minimum atomic E-state index is -4.87. The van der Waals surface area contributed by atoms with Gasteiger partial charge in [-0.15, -0.1) is 13.2 Å². The predicted molar refractivity (Wildman–Crippen MR) is 123 cm³/mol. The van der Waals surface area contributed by atoms with E-state index in [4.69, 9.17) is 16.3 Å². The van der Waals surface area contributed by atoms with Gasteiger partial charge in [0.15, 0.2) is 0 Å². The number of carbonyl (C=O) groups is 1. The molecule has 5 nitrogen and oxygen atoms in total. The number of likely N-dealkylation sites (tertiary alicyclic amines) is 1. The largest absolute Gasteiger partial charge is 0.573 e. The maximum atomic E-state index is 14.1. The predicted octanol–water partition coefficient (Wildman–Crippen LogP) is 7.35. The van der Waals surface area contributed by atoms with Gasteiger partial charge in [-0.05, 0) is 39.0 Å². The lowest BCUT2D eigenvalue weighted by atomic mass is 9.98. The van der Waals surface area contributed by atoms with Gasteiger partial charge in [-0.1, -0.05) is 35.9 Å². The van der Waals surface area contributed by atoms with Crippen molar-refractivity contribution in [2.75, 3.05) is 18.4 Å². The Morgan fingerprint density at radius 2 is 1.83 bits per heavy atom. The highest BCUT2D eigenvalue weighted by molar-refractivity contribution is 6.33. The molecule has 1 heterocycles. The Kier molecular flexibility index (Phi) is 7.74. The van der Waals surface area contributed by atoms with Gasteiger partial charge >= 0.3 is 12.5 Å². The van der Waals surface area contributed by atoms with E-state index in [1.54, 1.807) is 32.9 Å². The number of rotatable bonds is 5. The number of piperidine rings is 1. The number of hydrogen-bond donors (Lipinski definition) is 1. The molecule has 35 heavy (non-hydrogen) atoms. The number of amides is 1. The third-order valence-corrected chi connectivity index (χ3v) is 5.55. The number of carbonyl (C=O) groups excluding carboxylic acids is 1. The first-order valence-electron chi connectivity index (χ1n) is 10.9. The van der Waals surface area contributed by atoms with Crippen molar-refractivity contribution in [3.05, 3.63) is 47.5 Å². The van der Waals surface area contributed by atoms with E-state index < -0.39 is 48.6 Å². The molecule has 0 aliphatic carbocycles. The summed E-state index contributed by atoms with van der Waals surface area (Å²) in [4.78, 5) is 13.8. The second-order valence-electron chi connectivity index (χ2n) is 9.26. The number of benzene rings is 2. The third-order valence-electron chi connectivity index (χ3n) is 5.24. The summed E-state index contributed by atoms with van der Waals surface area (Å²) < 4.78 is 75.9. The minimum absolute atomic E-state index is 0.00171. The van der Waals surface area contributed by atoms with Crippen molar-refractivity contribution < 1.29 is 36.2 Å². The van der Waals surface area contributed by atoms with Crippen molar-refractivity contribution in [3.63, 3.8) is 0 Å². The summed E-state index contributed by atoms with van der Waals surface area (Å²) in [5.41, 5.74) is 0.122. The Balaban J connectivity index is 1.76. The molecule has 1 N–H and O–H groups in total. The van der Waals surface area contributed by atoms with Gasteiger partial charge in [0, 0.05) is 42.7 Å². The second-order valence-corrected chi connectivity index (χ2v) is 9.66. The van der Waals surface area contributed by atoms with Crippen LogP contribution in [0.1, 0.15) is 33.6 Å². The van der Waals surface area contributed by atoms with Gasteiger partial charge in [0.2, 0.25) is 0 Å². The first-order valence-corrected chi connectivity index (χ1v) is 11.3. The summed E-state index contributed by atoms with van der Waals surface area (Å²) in [6, 6.07) is 9.28. The van der Waals surface area contributed by atoms with Gasteiger partial charge in [-0.3, -0.25) is 0 Å². The molecule has 2 aromatic rings. The van der Waals surface area contributed by atoms with E-state index >= 15 is 0 Å². The molecule has 1 aliphatic rings. The molecule has 0 spiro atoms. The Bertz CT molecular complexity index is 1060. The summed E-state index contributed by atoms with van der Waals surface area (Å²) in [6.45, 7) is 4.93. The molecule has 3 rings (SSSR count). The lowest BCUT2D eigenvalue weighted by Crippen LogP contribution is -2.53. The molecule has 1 saturated heterocycles. The highest BCUT2D eigenvalue weighted by Gasteiger charge is 2.43. The number of hydrogen-bond acceptors (Lipinski definition) is 4. The van der Waals surface area contributed by atoms with Crippen LogP contribution < -0.4 is 10.1 Å². The highest BCUT2D eigenvalue weighted by atomic mass is 35.5. The zero-order valence-corrected chi connectivity index (χ0v) is 20.1. The van der Waals surface area contributed by atoms with Gasteiger partial charge in [0.25, 0.3) is 5.92 Å². The minimum Gasteiger partial charge on any atom is -0.444 e. The van der Waals surface area contributed by atoms with E-state index in [9.17, 15) is 26.7 Å². The fourth-order valence-electron chi connectivity index (χ4n) is 3.75. The topological polar surface area (TPSA) is 50.8 Å². The average molecular weight is 521 g/mol. The van der Waals surface area contributed by atoms with Crippen LogP contribution in [0.4, 0.5) is 32.4 Å². The summed E-state index contributed by atoms with van der Waals surface area (Å²) >= 11 is 6.34. The van der Waals surface area contributed by atoms with Crippen molar-refractivity contribution in [2.24, 2.45) is 0 Å². The van der Waals surface area contributed by atoms with Crippen molar-refractivity contribution in [2.45, 2.75) is 57.5 Å². The smallest absolute Gasteiger partial charge is 0.444 e. The number of alkyl halides is 5. The molecular formula is C24H26ClF5N2O3. The van der Waals surface area contributed by atoms with Gasteiger partial charge in [-0.2, -0.15) is 0 Å². The Hall–Kier alpha value is -2.75. The first-order chi connectivity index (χ1) is 16.1. The Morgan fingerprint density at radius 1 is 1.14 bits per heavy atom. The first kappa shape index (κ1) is 26.8. The molecule has 0 radical (unpaired) electrons. The molecule has 11 heteroatoms. The van der Waals surface area contributed by atoms with Gasteiger partial charge in [-0.25, -0.2) is 13.6 Å². The molecule has 0 unspecified atom stereocenters. The average Bonchev–Trinajstić information content (AvgIpc) is 2.70. The third kappa shape index (κ3) is 7.62. The number of anilines is 1. The summed E-state index contributed by atoms with van der Waals surface area (Å²) in [7, 11) is 0. The fraction of sp³-hybridized carbons (Fsp3) is 0.458. The summed E-state index contributed by atoms with van der Waals surface area (Å²) in [5.74, 6) is -3.32. The number of nitrogens with zero attached hydrogens (tertiary/aromatic N) is 1. The molecule has 0 saturated carbocycles. The van der Waals surface area contributed by atoms with Crippen molar-refractivity contribution >= 4 is 23.4 Å². The van der Waals surface area contributed by atoms with E-state index in [0.717, 1.165) is 0 Å². The number of para-hydroxylation sites is 1. The molecule has 0 bridgehead atoms. The number of halogens is 6. The SMILES string of the molecule is CC(C)(C)OC(=O)N1CCC(F)(F)C[C@@H]1CNc1ccc(-c2ccccc2OC(F)(F)F)c(Cl)c1. The van der Waals surface area contributed by atoms with Crippen molar-refractivity contribution in [3.8, 4) is 16.9 Å². The molecule has 1 fully saturated rings. The van der Waals surface area contributed by atoms with Crippen molar-refractivity contribution in [1.29, 1.82) is 0 Å². The zero-order chi connectivity index (χ0) is 26.0. The monoisotopic (exact) mass is 520 g/mol. The molecule has 1 atom stereocenters. The van der Waals surface area contributed by atoms with Crippen LogP contribution in [0.5, 0.6) is 5.75 Å². The van der Waals surface area contributed by atoms with E-state index in [1.807, 2.05) is 0 Å². The van der Waals surface area contributed by atoms with Crippen LogP contribution in [0.15, 0.2) is 42.5 Å². The molecule has 1 amide bonds. The van der Waals surface area contributed by atoms with Crippen LogP contribution in [0.25, 0.3) is 11.1 Å². The molecular weight excluding hydrogens is 495 g/mol. The van der Waals surface area contributed by atoms with E-state index in [0.29, 0.717) is 11.3 Å². The van der Waals surface area contributed by atoms with E-state index in [1.165, 1.54) is 35.2 Å². The lowest BCUT2D eigenvalue weighted by molar-refractivity contribution is -0.274. The lowest BCUT2D eigenvalue weighted by Gasteiger charge is -2.40. The molecule has 1 aliphatic heterocycles. The summed E-state index contributed by atoms with van der Waals surface area (Å²) in [6.07, 6.45) is -6.53. The van der Waals surface area contributed by atoms with Crippen LogP contribution >= 0.6 is 11.6 Å². The quantitative estimate of drug-likeness (QED) is 0.419. The van der Waals surface area contributed by atoms with Crippen LogP contribution in [0, 0.1) is 0 Å². The highest BCUT2D eigenvalue weighted by Crippen LogP contribution is 2.38. The normalized spacial score (nSPS) is 18.2. The number of nitrogens with one attached hydrogen (secondary N) is 1. The fourth-order valence-corrected chi connectivity index (χ4v) is 4.03. The second kappa shape index (κ2) is 10.1. The molecule has 2 aromatic carbocycles. The van der Waals surface area contributed by atoms with E-state index in [-0.39, 0.29) is 23.7 Å². The Labute approximate surface area is 205 Å². The van der Waals surface area contributed by atoms with Gasteiger partial charge in [0.05, 0.1) is 11.1 Å².